The van der Waals surface area contributed by atoms with Crippen LogP contribution in [0.15, 0.2) is 30.3 Å². The summed E-state index contributed by atoms with van der Waals surface area (Å²) in [6, 6.07) is 10.6. The summed E-state index contributed by atoms with van der Waals surface area (Å²) in [4.78, 5) is 16.8. The first-order valence-electron chi connectivity index (χ1n) is 8.56. The number of piperazine rings is 1. The van der Waals surface area contributed by atoms with Crippen LogP contribution < -0.4 is 5.73 Å². The Balaban J connectivity index is 0.00000288. The van der Waals surface area contributed by atoms with E-state index in [0.717, 1.165) is 19.5 Å². The molecule has 25 heavy (non-hydrogen) atoms. The maximum Gasteiger partial charge on any atom is 0.237 e. The maximum absolute atomic E-state index is 12.5. The van der Waals surface area contributed by atoms with Crippen LogP contribution in [-0.2, 0) is 11.3 Å². The number of hydrogen-bond acceptors (Lipinski definition) is 4. The Morgan fingerprint density at radius 3 is 2.56 bits per heavy atom. The van der Waals surface area contributed by atoms with E-state index in [1.54, 1.807) is 0 Å². The molecule has 0 bridgehead atoms. The Bertz CT molecular complexity index is 492. The highest BCUT2D eigenvalue weighted by Crippen LogP contribution is 2.19. The maximum atomic E-state index is 12.5. The molecule has 1 aromatic rings. The van der Waals surface area contributed by atoms with Crippen molar-refractivity contribution < 1.29 is 4.79 Å². The SMILES string of the molecule is CCCC[C@H]1CN(Cc2ccccc2)C(=O)CN1C[C@@H](N)CS.Cl.Cl. The van der Waals surface area contributed by atoms with Gasteiger partial charge in [0.15, 0.2) is 0 Å². The molecule has 1 fully saturated rings. The number of benzene rings is 1. The van der Waals surface area contributed by atoms with Gasteiger partial charge in [0, 0.05) is 37.5 Å². The Labute approximate surface area is 169 Å². The van der Waals surface area contributed by atoms with Gasteiger partial charge in [-0.25, -0.2) is 0 Å². The first-order valence-corrected chi connectivity index (χ1v) is 9.19. The predicted molar refractivity (Wildman–Crippen MR) is 113 cm³/mol. The van der Waals surface area contributed by atoms with Crippen LogP contribution in [0.25, 0.3) is 0 Å². The Morgan fingerprint density at radius 2 is 1.96 bits per heavy atom. The summed E-state index contributed by atoms with van der Waals surface area (Å²) in [7, 11) is 0. The van der Waals surface area contributed by atoms with Crippen molar-refractivity contribution in [3.8, 4) is 0 Å². The van der Waals surface area contributed by atoms with Crippen molar-refractivity contribution >= 4 is 43.4 Å². The van der Waals surface area contributed by atoms with Crippen molar-refractivity contribution in [2.75, 3.05) is 25.4 Å². The molecule has 2 N–H and O–H groups in total. The van der Waals surface area contributed by atoms with Crippen LogP contribution in [0.4, 0.5) is 0 Å². The zero-order valence-electron chi connectivity index (χ0n) is 14.8. The first kappa shape index (κ1) is 24.5. The summed E-state index contributed by atoms with van der Waals surface area (Å²) in [5.74, 6) is 0.854. The minimum Gasteiger partial charge on any atom is -0.336 e. The van der Waals surface area contributed by atoms with Crippen molar-refractivity contribution in [3.63, 3.8) is 0 Å². The van der Waals surface area contributed by atoms with E-state index < -0.39 is 0 Å². The Kier molecular flexibility index (Phi) is 12.6. The van der Waals surface area contributed by atoms with Crippen LogP contribution >= 0.6 is 37.4 Å². The van der Waals surface area contributed by atoms with Gasteiger partial charge in [0.2, 0.25) is 5.91 Å². The number of carbonyl (C=O) groups is 1. The van der Waals surface area contributed by atoms with Gasteiger partial charge in [0.1, 0.15) is 0 Å². The monoisotopic (exact) mass is 407 g/mol. The molecule has 0 unspecified atom stereocenters. The van der Waals surface area contributed by atoms with E-state index in [-0.39, 0.29) is 36.8 Å². The molecule has 1 aliphatic rings. The lowest BCUT2D eigenvalue weighted by molar-refractivity contribution is -0.139. The lowest BCUT2D eigenvalue weighted by Gasteiger charge is -2.42. The van der Waals surface area contributed by atoms with Crippen LogP contribution in [-0.4, -0.2) is 53.2 Å². The van der Waals surface area contributed by atoms with Gasteiger partial charge in [-0.2, -0.15) is 12.6 Å². The number of nitrogens with zero attached hydrogens (tertiary/aromatic N) is 2. The van der Waals surface area contributed by atoms with Gasteiger partial charge in [0.25, 0.3) is 0 Å². The zero-order valence-corrected chi connectivity index (χ0v) is 17.4. The van der Waals surface area contributed by atoms with E-state index in [4.69, 9.17) is 5.73 Å². The summed E-state index contributed by atoms with van der Waals surface area (Å²) in [5, 5.41) is 0. The third-order valence-corrected chi connectivity index (χ3v) is 4.92. The van der Waals surface area contributed by atoms with Gasteiger partial charge in [0.05, 0.1) is 6.54 Å². The van der Waals surface area contributed by atoms with E-state index in [1.165, 1.54) is 18.4 Å². The quantitative estimate of drug-likeness (QED) is 0.651. The molecule has 1 heterocycles. The average molecular weight is 408 g/mol. The van der Waals surface area contributed by atoms with Gasteiger partial charge in [-0.1, -0.05) is 50.1 Å². The van der Waals surface area contributed by atoms with Gasteiger partial charge < -0.3 is 10.6 Å². The summed E-state index contributed by atoms with van der Waals surface area (Å²) in [6.07, 6.45) is 3.48. The second-order valence-corrected chi connectivity index (χ2v) is 6.79. The fraction of sp³-hybridized carbons (Fsp3) is 0.611. The molecular formula is C18H31Cl2N3OS. The minimum atomic E-state index is 0. The molecular weight excluding hydrogens is 377 g/mol. The number of halogens is 2. The topological polar surface area (TPSA) is 49.6 Å². The Hall–Kier alpha value is -0.460. The molecule has 2 rings (SSSR count). The number of hydrogen-bond donors (Lipinski definition) is 2. The lowest BCUT2D eigenvalue weighted by Crippen LogP contribution is -2.58. The summed E-state index contributed by atoms with van der Waals surface area (Å²) >= 11 is 4.27. The average Bonchev–Trinajstić information content (AvgIpc) is 2.57. The molecule has 144 valence electrons. The highest BCUT2D eigenvalue weighted by molar-refractivity contribution is 7.80. The number of unbranched alkanes of at least 4 members (excludes halogenated alkanes) is 1. The third kappa shape index (κ3) is 7.75. The number of nitrogens with two attached hydrogens (primary N) is 1. The zero-order chi connectivity index (χ0) is 16.7. The second-order valence-electron chi connectivity index (χ2n) is 6.43. The lowest BCUT2D eigenvalue weighted by atomic mass is 10.0. The number of carbonyl (C=O) groups excluding carboxylic acids is 1. The highest BCUT2D eigenvalue weighted by Gasteiger charge is 2.32. The summed E-state index contributed by atoms with van der Waals surface area (Å²) in [6.45, 7) is 4.94. The smallest absolute Gasteiger partial charge is 0.237 e. The molecule has 0 aromatic heterocycles. The third-order valence-electron chi connectivity index (χ3n) is 4.45. The Morgan fingerprint density at radius 1 is 1.28 bits per heavy atom. The van der Waals surface area contributed by atoms with E-state index >= 15 is 0 Å². The van der Waals surface area contributed by atoms with Crippen LogP contribution in [0.2, 0.25) is 0 Å². The van der Waals surface area contributed by atoms with Crippen molar-refractivity contribution in [1.82, 2.24) is 9.80 Å². The van der Waals surface area contributed by atoms with Crippen molar-refractivity contribution in [1.29, 1.82) is 0 Å². The predicted octanol–water partition coefficient (Wildman–Crippen LogP) is 2.99. The molecule has 7 heteroatoms. The first-order chi connectivity index (χ1) is 11.1. The van der Waals surface area contributed by atoms with Crippen LogP contribution in [0.5, 0.6) is 0 Å². The van der Waals surface area contributed by atoms with Crippen molar-refractivity contribution in [3.05, 3.63) is 35.9 Å². The number of rotatable bonds is 8. The molecule has 0 saturated carbocycles. The van der Waals surface area contributed by atoms with Gasteiger partial charge >= 0.3 is 0 Å². The van der Waals surface area contributed by atoms with Crippen LogP contribution in [0.3, 0.4) is 0 Å². The minimum absolute atomic E-state index is 0. The molecule has 1 aliphatic heterocycles. The molecule has 1 aromatic carbocycles. The molecule has 0 aliphatic carbocycles. The van der Waals surface area contributed by atoms with E-state index in [2.05, 4.69) is 36.6 Å². The van der Waals surface area contributed by atoms with Crippen molar-refractivity contribution in [2.45, 2.75) is 44.8 Å². The van der Waals surface area contributed by atoms with Crippen LogP contribution in [0.1, 0.15) is 31.7 Å². The fourth-order valence-corrected chi connectivity index (χ4v) is 3.23. The molecule has 1 amide bonds. The van der Waals surface area contributed by atoms with Crippen molar-refractivity contribution in [2.24, 2.45) is 5.73 Å². The fourth-order valence-electron chi connectivity index (χ4n) is 3.12. The van der Waals surface area contributed by atoms with Gasteiger partial charge in [-0.05, 0) is 12.0 Å². The number of thiol groups is 1. The summed E-state index contributed by atoms with van der Waals surface area (Å²) in [5.41, 5.74) is 7.25. The van der Waals surface area contributed by atoms with Gasteiger partial charge in [-0.15, -0.1) is 24.8 Å². The normalized spacial score (nSPS) is 19.1. The molecule has 4 nitrogen and oxygen atoms in total. The standard InChI is InChI=1S/C18H29N3OS.2ClH/c1-2-3-9-17-12-21(10-15-7-5-4-6-8-15)18(22)13-20(17)11-16(19)14-23;;/h4-8,16-17,23H,2-3,9-14,19H2,1H3;2*1H/t16-,17+;;/m1../s1. The highest BCUT2D eigenvalue weighted by atomic mass is 35.5. The second kappa shape index (κ2) is 12.8. The van der Waals surface area contributed by atoms with Crippen LogP contribution in [0, 0.1) is 0 Å². The summed E-state index contributed by atoms with van der Waals surface area (Å²) < 4.78 is 0. The molecule has 1 saturated heterocycles. The van der Waals surface area contributed by atoms with E-state index in [1.807, 2.05) is 23.1 Å². The largest absolute Gasteiger partial charge is 0.336 e. The van der Waals surface area contributed by atoms with E-state index in [9.17, 15) is 4.79 Å². The van der Waals surface area contributed by atoms with Gasteiger partial charge in [-0.3, -0.25) is 9.69 Å². The molecule has 0 spiro atoms. The van der Waals surface area contributed by atoms with E-state index in [0.29, 0.717) is 24.9 Å². The molecule has 2 atom stereocenters. The molecule has 0 radical (unpaired) electrons. The number of amides is 1.